The van der Waals surface area contributed by atoms with Crippen LogP contribution in [0.5, 0.6) is 0 Å². The van der Waals surface area contributed by atoms with Gasteiger partial charge >= 0.3 is 6.03 Å². The first kappa shape index (κ1) is 13.6. The second-order valence-electron chi connectivity index (χ2n) is 4.55. The lowest BCUT2D eigenvalue weighted by molar-refractivity contribution is -0.121. The highest BCUT2D eigenvalue weighted by Crippen LogP contribution is 2.20. The van der Waals surface area contributed by atoms with Gasteiger partial charge in [0.25, 0.3) is 0 Å². The van der Waals surface area contributed by atoms with E-state index in [1.807, 2.05) is 6.07 Å². The molecule has 1 fully saturated rings. The number of amides is 3. The normalized spacial score (nSPS) is 15.2. The van der Waals surface area contributed by atoms with Crippen LogP contribution in [0.2, 0.25) is 5.02 Å². The second-order valence-corrected chi connectivity index (χ2v) is 4.98. The first-order valence-electron chi connectivity index (χ1n) is 6.29. The lowest BCUT2D eigenvalue weighted by atomic mass is 10.2. The molecule has 8 heteroatoms. The van der Waals surface area contributed by atoms with E-state index in [9.17, 15) is 9.59 Å². The highest BCUT2D eigenvalue weighted by molar-refractivity contribution is 6.30. The molecule has 0 atom stereocenters. The average Bonchev–Trinajstić information content (AvgIpc) is 2.91. The molecule has 2 aromatic rings. The van der Waals surface area contributed by atoms with Gasteiger partial charge in [-0.05, 0) is 12.1 Å². The van der Waals surface area contributed by atoms with E-state index >= 15 is 0 Å². The minimum Gasteiger partial charge on any atom is -0.337 e. The van der Waals surface area contributed by atoms with Gasteiger partial charge in [-0.1, -0.05) is 28.9 Å². The summed E-state index contributed by atoms with van der Waals surface area (Å²) in [6, 6.07) is 6.63. The maximum atomic E-state index is 11.6. The summed E-state index contributed by atoms with van der Waals surface area (Å²) in [5.41, 5.74) is 0.732. The Morgan fingerprint density at radius 2 is 2.24 bits per heavy atom. The molecule has 1 N–H and O–H groups in total. The fourth-order valence-corrected chi connectivity index (χ4v) is 2.17. The molecular formula is C13H11ClN4O3. The van der Waals surface area contributed by atoms with Crippen molar-refractivity contribution in [3.63, 3.8) is 0 Å². The van der Waals surface area contributed by atoms with E-state index in [1.165, 1.54) is 4.90 Å². The zero-order valence-corrected chi connectivity index (χ0v) is 11.6. The lowest BCUT2D eigenvalue weighted by Crippen LogP contribution is -2.48. The van der Waals surface area contributed by atoms with Crippen molar-refractivity contribution in [3.8, 4) is 11.4 Å². The summed E-state index contributed by atoms with van der Waals surface area (Å²) in [6.45, 7) is 0.492. The molecule has 1 aliphatic rings. The number of hydrogen-bond donors (Lipinski definition) is 1. The van der Waals surface area contributed by atoms with Gasteiger partial charge in [-0.2, -0.15) is 4.98 Å². The van der Waals surface area contributed by atoms with Crippen molar-refractivity contribution in [2.45, 2.75) is 13.0 Å². The van der Waals surface area contributed by atoms with E-state index in [0.717, 1.165) is 5.56 Å². The number of urea groups is 1. The fraction of sp³-hybridized carbons (Fsp3) is 0.231. The lowest BCUT2D eigenvalue weighted by Gasteiger charge is -2.24. The van der Waals surface area contributed by atoms with Crippen LogP contribution in [-0.4, -0.2) is 33.5 Å². The predicted octanol–water partition coefficient (Wildman–Crippen LogP) is 1.83. The highest BCUT2D eigenvalue weighted by atomic mass is 35.5. The molecule has 0 aliphatic carbocycles. The molecule has 1 saturated heterocycles. The summed E-state index contributed by atoms with van der Waals surface area (Å²) in [4.78, 5) is 28.4. The van der Waals surface area contributed by atoms with Crippen LogP contribution >= 0.6 is 11.6 Å². The standard InChI is InChI=1S/C13H11ClN4O3/c14-9-3-1-2-8(6-9)12-16-11(21-17-12)7-18-5-4-10(19)15-13(18)20/h1-3,6H,4-5,7H2,(H,15,19,20). The van der Waals surface area contributed by atoms with E-state index in [1.54, 1.807) is 18.2 Å². The monoisotopic (exact) mass is 306 g/mol. The van der Waals surface area contributed by atoms with Crippen molar-refractivity contribution < 1.29 is 14.1 Å². The van der Waals surface area contributed by atoms with E-state index in [0.29, 0.717) is 23.3 Å². The third kappa shape index (κ3) is 3.03. The molecule has 1 aromatic carbocycles. The maximum absolute atomic E-state index is 11.6. The molecule has 1 aromatic heterocycles. The van der Waals surface area contributed by atoms with Crippen LogP contribution in [0.4, 0.5) is 4.79 Å². The maximum Gasteiger partial charge on any atom is 0.324 e. The topological polar surface area (TPSA) is 88.3 Å². The Bertz CT molecular complexity index is 700. The SMILES string of the molecule is O=C1CCN(Cc2nc(-c3cccc(Cl)c3)no2)C(=O)N1. The number of aromatic nitrogens is 2. The van der Waals surface area contributed by atoms with E-state index in [4.69, 9.17) is 16.1 Å². The Balaban J connectivity index is 1.73. The van der Waals surface area contributed by atoms with Crippen molar-refractivity contribution in [1.82, 2.24) is 20.4 Å². The van der Waals surface area contributed by atoms with E-state index in [-0.39, 0.29) is 18.9 Å². The minimum absolute atomic E-state index is 0.159. The number of hydrogen-bond acceptors (Lipinski definition) is 5. The Labute approximate surface area is 124 Å². The van der Waals surface area contributed by atoms with Crippen LogP contribution < -0.4 is 5.32 Å². The molecule has 1 aliphatic heterocycles. The van der Waals surface area contributed by atoms with Gasteiger partial charge in [0.2, 0.25) is 17.6 Å². The summed E-state index contributed by atoms with van der Waals surface area (Å²) in [6.07, 6.45) is 0.265. The largest absolute Gasteiger partial charge is 0.337 e. The molecule has 21 heavy (non-hydrogen) atoms. The molecule has 3 amide bonds. The van der Waals surface area contributed by atoms with Crippen molar-refractivity contribution in [2.24, 2.45) is 0 Å². The van der Waals surface area contributed by atoms with Gasteiger partial charge < -0.3 is 9.42 Å². The van der Waals surface area contributed by atoms with Gasteiger partial charge in [0.15, 0.2) is 0 Å². The Hall–Kier alpha value is -2.41. The summed E-state index contributed by atoms with van der Waals surface area (Å²) in [5, 5.41) is 6.68. The summed E-state index contributed by atoms with van der Waals surface area (Å²) >= 11 is 5.91. The molecule has 0 spiro atoms. The third-order valence-electron chi connectivity index (χ3n) is 3.02. The van der Waals surface area contributed by atoms with Crippen LogP contribution in [0.3, 0.4) is 0 Å². The van der Waals surface area contributed by atoms with Crippen LogP contribution in [0, 0.1) is 0 Å². The summed E-state index contributed by atoms with van der Waals surface area (Å²) in [7, 11) is 0. The van der Waals surface area contributed by atoms with Crippen molar-refractivity contribution in [3.05, 3.63) is 35.2 Å². The van der Waals surface area contributed by atoms with Gasteiger partial charge in [0.05, 0.1) is 0 Å². The number of carbonyl (C=O) groups is 2. The zero-order valence-electron chi connectivity index (χ0n) is 10.9. The Morgan fingerprint density at radius 1 is 1.38 bits per heavy atom. The van der Waals surface area contributed by atoms with Crippen molar-refractivity contribution in [2.75, 3.05) is 6.54 Å². The van der Waals surface area contributed by atoms with Crippen LogP contribution in [0.25, 0.3) is 11.4 Å². The number of imide groups is 1. The minimum atomic E-state index is -0.450. The second kappa shape index (κ2) is 5.53. The Kier molecular flexibility index (Phi) is 3.57. The molecule has 0 radical (unpaired) electrons. The smallest absolute Gasteiger partial charge is 0.324 e. The first-order chi connectivity index (χ1) is 10.1. The van der Waals surface area contributed by atoms with Crippen LogP contribution in [0.1, 0.15) is 12.3 Å². The number of halogens is 1. The molecule has 7 nitrogen and oxygen atoms in total. The van der Waals surface area contributed by atoms with E-state index in [2.05, 4.69) is 15.5 Å². The van der Waals surface area contributed by atoms with Gasteiger partial charge in [-0.25, -0.2) is 4.79 Å². The number of nitrogens with one attached hydrogen (secondary N) is 1. The summed E-state index contributed by atoms with van der Waals surface area (Å²) < 4.78 is 5.13. The third-order valence-corrected chi connectivity index (χ3v) is 3.25. The molecule has 108 valence electrons. The highest BCUT2D eigenvalue weighted by Gasteiger charge is 2.24. The number of rotatable bonds is 3. The zero-order chi connectivity index (χ0) is 14.8. The van der Waals surface area contributed by atoms with Crippen molar-refractivity contribution in [1.29, 1.82) is 0 Å². The molecule has 3 rings (SSSR count). The quantitative estimate of drug-likeness (QED) is 0.934. The number of nitrogens with zero attached hydrogens (tertiary/aromatic N) is 3. The first-order valence-corrected chi connectivity index (χ1v) is 6.67. The van der Waals surface area contributed by atoms with Gasteiger partial charge in [0, 0.05) is 23.6 Å². The van der Waals surface area contributed by atoms with Gasteiger partial charge in [-0.3, -0.25) is 10.1 Å². The Morgan fingerprint density at radius 3 is 3.00 bits per heavy atom. The molecule has 0 saturated carbocycles. The average molecular weight is 307 g/mol. The number of carbonyl (C=O) groups excluding carboxylic acids is 2. The van der Waals surface area contributed by atoms with Crippen LogP contribution in [0.15, 0.2) is 28.8 Å². The molecule has 0 bridgehead atoms. The molecule has 2 heterocycles. The summed E-state index contributed by atoms with van der Waals surface area (Å²) in [5.74, 6) is 0.428. The van der Waals surface area contributed by atoms with Crippen molar-refractivity contribution >= 4 is 23.5 Å². The number of benzene rings is 1. The predicted molar refractivity (Wildman–Crippen MR) is 73.3 cm³/mol. The van der Waals surface area contributed by atoms with Crippen LogP contribution in [-0.2, 0) is 11.3 Å². The fourth-order valence-electron chi connectivity index (χ4n) is 1.98. The molecule has 0 unspecified atom stereocenters. The molecular weight excluding hydrogens is 296 g/mol. The van der Waals surface area contributed by atoms with Gasteiger partial charge in [0.1, 0.15) is 6.54 Å². The van der Waals surface area contributed by atoms with Gasteiger partial charge in [-0.15, -0.1) is 0 Å². The van der Waals surface area contributed by atoms with E-state index < -0.39 is 6.03 Å².